The molecule has 0 radical (unpaired) electrons. The molecule has 1 aromatic rings. The second-order valence-electron chi connectivity index (χ2n) is 4.42. The van der Waals surface area contributed by atoms with E-state index in [-0.39, 0.29) is 6.61 Å². The Hall–Kier alpha value is -0.860. The van der Waals surface area contributed by atoms with Gasteiger partial charge in [-0.1, -0.05) is 25.1 Å². The molecule has 1 aromatic carbocycles. The van der Waals surface area contributed by atoms with E-state index in [0.29, 0.717) is 6.04 Å². The van der Waals surface area contributed by atoms with Gasteiger partial charge in [0, 0.05) is 19.1 Å². The van der Waals surface area contributed by atoms with Crippen LogP contribution in [0.5, 0.6) is 0 Å². The number of fused-ring (bicyclic) bond motifs is 1. The molecule has 0 amide bonds. The molecule has 82 valence electrons. The molecule has 2 heteroatoms. The zero-order valence-corrected chi connectivity index (χ0v) is 9.53. The summed E-state index contributed by atoms with van der Waals surface area (Å²) in [5.74, 6) is 0. The summed E-state index contributed by atoms with van der Waals surface area (Å²) in [6.45, 7) is 6.76. The van der Waals surface area contributed by atoms with Crippen LogP contribution in [0.4, 0.5) is 0 Å². The predicted molar refractivity (Wildman–Crippen MR) is 61.4 cm³/mol. The van der Waals surface area contributed by atoms with Gasteiger partial charge in [0.05, 0.1) is 6.61 Å². The van der Waals surface area contributed by atoms with Crippen molar-refractivity contribution in [2.24, 2.45) is 0 Å². The molecule has 0 saturated heterocycles. The monoisotopic (exact) mass is 205 g/mol. The van der Waals surface area contributed by atoms with E-state index in [4.69, 9.17) is 5.11 Å². The minimum Gasteiger partial charge on any atom is -0.392 e. The van der Waals surface area contributed by atoms with Crippen molar-refractivity contribution in [1.29, 1.82) is 0 Å². The maximum absolute atomic E-state index is 9.08. The number of benzene rings is 1. The summed E-state index contributed by atoms with van der Waals surface area (Å²) < 4.78 is 0. The van der Waals surface area contributed by atoms with E-state index in [1.54, 1.807) is 0 Å². The number of nitrogens with zero attached hydrogens (tertiary/aromatic N) is 1. The van der Waals surface area contributed by atoms with E-state index in [0.717, 1.165) is 18.7 Å². The Bertz CT molecular complexity index is 348. The first-order valence-corrected chi connectivity index (χ1v) is 5.70. The highest BCUT2D eigenvalue weighted by molar-refractivity contribution is 5.34. The third-order valence-corrected chi connectivity index (χ3v) is 3.41. The lowest BCUT2D eigenvalue weighted by molar-refractivity contribution is 0.208. The Balaban J connectivity index is 2.16. The summed E-state index contributed by atoms with van der Waals surface area (Å²) in [4.78, 5) is 2.49. The van der Waals surface area contributed by atoms with Crippen LogP contribution >= 0.6 is 0 Å². The molecule has 0 fully saturated rings. The largest absolute Gasteiger partial charge is 0.392 e. The second-order valence-corrected chi connectivity index (χ2v) is 4.42. The molecule has 2 nitrogen and oxygen atoms in total. The highest BCUT2D eigenvalue weighted by atomic mass is 16.3. The lowest BCUT2D eigenvalue weighted by Gasteiger charge is -2.21. The Labute approximate surface area is 91.5 Å². The van der Waals surface area contributed by atoms with Gasteiger partial charge in [0.15, 0.2) is 0 Å². The standard InChI is InChI=1S/C13H19NO/c1-3-10(2)14-7-12-5-4-11(9-15)6-13(12)8-14/h4-6,10,15H,3,7-9H2,1-2H3. The number of hydrogen-bond acceptors (Lipinski definition) is 2. The van der Waals surface area contributed by atoms with E-state index < -0.39 is 0 Å². The van der Waals surface area contributed by atoms with E-state index in [9.17, 15) is 0 Å². The molecular weight excluding hydrogens is 186 g/mol. The van der Waals surface area contributed by atoms with Crippen LogP contribution < -0.4 is 0 Å². The molecule has 2 rings (SSSR count). The highest BCUT2D eigenvalue weighted by Gasteiger charge is 2.21. The minimum atomic E-state index is 0.149. The molecule has 1 heterocycles. The van der Waals surface area contributed by atoms with Crippen LogP contribution in [0.15, 0.2) is 18.2 Å². The quantitative estimate of drug-likeness (QED) is 0.818. The first-order valence-electron chi connectivity index (χ1n) is 5.70. The van der Waals surface area contributed by atoms with Crippen LogP contribution in [0, 0.1) is 0 Å². The van der Waals surface area contributed by atoms with Crippen molar-refractivity contribution in [3.8, 4) is 0 Å². The smallest absolute Gasteiger partial charge is 0.0681 e. The lowest BCUT2D eigenvalue weighted by Crippen LogP contribution is -2.26. The van der Waals surface area contributed by atoms with E-state index in [2.05, 4.69) is 30.9 Å². The maximum Gasteiger partial charge on any atom is 0.0681 e. The van der Waals surface area contributed by atoms with E-state index >= 15 is 0 Å². The fraction of sp³-hybridized carbons (Fsp3) is 0.538. The van der Waals surface area contributed by atoms with Crippen LogP contribution in [0.2, 0.25) is 0 Å². The SMILES string of the molecule is CCC(C)N1Cc2ccc(CO)cc2C1. The number of aliphatic hydroxyl groups is 1. The molecule has 1 N–H and O–H groups in total. The fourth-order valence-electron chi connectivity index (χ4n) is 2.14. The number of hydrogen-bond donors (Lipinski definition) is 1. The molecular formula is C13H19NO. The Morgan fingerprint density at radius 1 is 1.33 bits per heavy atom. The second kappa shape index (κ2) is 4.33. The average molecular weight is 205 g/mol. The zero-order chi connectivity index (χ0) is 10.8. The van der Waals surface area contributed by atoms with Crippen LogP contribution in [-0.4, -0.2) is 16.0 Å². The summed E-state index contributed by atoms with van der Waals surface area (Å²) >= 11 is 0. The van der Waals surface area contributed by atoms with Crippen molar-refractivity contribution in [2.45, 2.75) is 46.0 Å². The highest BCUT2D eigenvalue weighted by Crippen LogP contribution is 2.26. The third kappa shape index (κ3) is 2.06. The van der Waals surface area contributed by atoms with Gasteiger partial charge in [-0.05, 0) is 30.0 Å². The van der Waals surface area contributed by atoms with Gasteiger partial charge in [-0.3, -0.25) is 4.90 Å². The molecule has 0 aromatic heterocycles. The van der Waals surface area contributed by atoms with Crippen molar-refractivity contribution in [2.75, 3.05) is 0 Å². The number of rotatable bonds is 3. The topological polar surface area (TPSA) is 23.5 Å². The summed E-state index contributed by atoms with van der Waals surface area (Å²) in [6, 6.07) is 6.97. The molecule has 0 aliphatic carbocycles. The van der Waals surface area contributed by atoms with Crippen molar-refractivity contribution in [3.63, 3.8) is 0 Å². The van der Waals surface area contributed by atoms with Crippen LogP contribution in [-0.2, 0) is 19.7 Å². The molecule has 1 aliphatic heterocycles. The third-order valence-electron chi connectivity index (χ3n) is 3.41. The molecule has 15 heavy (non-hydrogen) atoms. The van der Waals surface area contributed by atoms with Gasteiger partial charge in [-0.15, -0.1) is 0 Å². The summed E-state index contributed by atoms with van der Waals surface area (Å²) in [5, 5.41) is 9.08. The van der Waals surface area contributed by atoms with E-state index in [1.165, 1.54) is 17.5 Å². The van der Waals surface area contributed by atoms with Gasteiger partial charge in [-0.2, -0.15) is 0 Å². The van der Waals surface area contributed by atoms with Gasteiger partial charge >= 0.3 is 0 Å². The first-order chi connectivity index (χ1) is 7.24. The maximum atomic E-state index is 9.08. The summed E-state index contributed by atoms with van der Waals surface area (Å²) in [6.07, 6.45) is 1.20. The van der Waals surface area contributed by atoms with Crippen molar-refractivity contribution >= 4 is 0 Å². The predicted octanol–water partition coefficient (Wildman–Crippen LogP) is 2.29. The van der Waals surface area contributed by atoms with Crippen molar-refractivity contribution in [3.05, 3.63) is 34.9 Å². The van der Waals surface area contributed by atoms with Crippen molar-refractivity contribution < 1.29 is 5.11 Å². The first kappa shape index (κ1) is 10.7. The molecule has 0 saturated carbocycles. The van der Waals surface area contributed by atoms with Crippen LogP contribution in [0.3, 0.4) is 0 Å². The molecule has 1 unspecified atom stereocenters. The Morgan fingerprint density at radius 2 is 2.07 bits per heavy atom. The van der Waals surface area contributed by atoms with Gasteiger partial charge in [0.1, 0.15) is 0 Å². The Morgan fingerprint density at radius 3 is 2.73 bits per heavy atom. The molecule has 0 bridgehead atoms. The molecule has 1 aliphatic rings. The number of aliphatic hydroxyl groups excluding tert-OH is 1. The lowest BCUT2D eigenvalue weighted by atomic mass is 10.1. The normalized spacial score (nSPS) is 17.8. The fourth-order valence-corrected chi connectivity index (χ4v) is 2.14. The summed E-state index contributed by atoms with van der Waals surface area (Å²) in [5.41, 5.74) is 3.84. The van der Waals surface area contributed by atoms with Crippen LogP contribution in [0.25, 0.3) is 0 Å². The zero-order valence-electron chi connectivity index (χ0n) is 9.53. The summed E-state index contributed by atoms with van der Waals surface area (Å²) in [7, 11) is 0. The minimum absolute atomic E-state index is 0.149. The van der Waals surface area contributed by atoms with Crippen molar-refractivity contribution in [1.82, 2.24) is 4.90 Å². The van der Waals surface area contributed by atoms with Gasteiger partial charge in [0.2, 0.25) is 0 Å². The molecule has 1 atom stereocenters. The van der Waals surface area contributed by atoms with Crippen LogP contribution in [0.1, 0.15) is 37.0 Å². The van der Waals surface area contributed by atoms with Gasteiger partial charge in [-0.25, -0.2) is 0 Å². The molecule has 0 spiro atoms. The average Bonchev–Trinajstić information content (AvgIpc) is 2.70. The Kier molecular flexibility index (Phi) is 3.08. The van der Waals surface area contributed by atoms with Gasteiger partial charge < -0.3 is 5.11 Å². The van der Waals surface area contributed by atoms with E-state index in [1.807, 2.05) is 6.07 Å². The van der Waals surface area contributed by atoms with Gasteiger partial charge in [0.25, 0.3) is 0 Å².